The summed E-state index contributed by atoms with van der Waals surface area (Å²) in [5.41, 5.74) is 17.5. The van der Waals surface area contributed by atoms with Crippen LogP contribution in [-0.2, 0) is 0 Å². The van der Waals surface area contributed by atoms with E-state index >= 15 is 0 Å². The number of anilines is 3. The molecule has 0 aliphatic heterocycles. The Kier molecular flexibility index (Phi) is 8.99. The van der Waals surface area contributed by atoms with Gasteiger partial charge < -0.3 is 11.1 Å². The van der Waals surface area contributed by atoms with E-state index in [1.807, 2.05) is 42.5 Å². The average Bonchev–Trinajstić information content (AvgIpc) is 3.24. The molecule has 0 aliphatic carbocycles. The van der Waals surface area contributed by atoms with E-state index in [4.69, 9.17) is 5.73 Å². The van der Waals surface area contributed by atoms with E-state index in [9.17, 15) is 0 Å². The number of aryl methyl sites for hydroxylation is 1. The van der Waals surface area contributed by atoms with Crippen molar-refractivity contribution in [2.75, 3.05) is 11.1 Å². The minimum atomic E-state index is 0.728. The number of benzene rings is 10. The summed E-state index contributed by atoms with van der Waals surface area (Å²) in [4.78, 5) is 0. The number of fused-ring (bicyclic) bond motifs is 4. The average molecular weight is 705 g/mol. The number of rotatable bonds is 5. The van der Waals surface area contributed by atoms with E-state index in [2.05, 4.69) is 176 Å². The second-order valence-electron chi connectivity index (χ2n) is 14.1. The van der Waals surface area contributed by atoms with Crippen LogP contribution < -0.4 is 11.1 Å². The van der Waals surface area contributed by atoms with E-state index in [1.165, 1.54) is 76.5 Å². The topological polar surface area (TPSA) is 38.0 Å². The fraction of sp³-hybridized carbons (Fsp3) is 0.0189. The minimum Gasteiger partial charge on any atom is -0.397 e. The summed E-state index contributed by atoms with van der Waals surface area (Å²) < 4.78 is 0. The predicted octanol–water partition coefficient (Wildman–Crippen LogP) is 14.6. The van der Waals surface area contributed by atoms with Crippen LogP contribution in [0, 0.1) is 6.92 Å². The molecule has 0 aromatic heterocycles. The van der Waals surface area contributed by atoms with Gasteiger partial charge in [-0.15, -0.1) is 0 Å². The monoisotopic (exact) mass is 704 g/mol. The molecule has 0 saturated carbocycles. The Hall–Kier alpha value is -7.16. The Bertz CT molecular complexity index is 2960. The van der Waals surface area contributed by atoms with Crippen molar-refractivity contribution < 1.29 is 0 Å². The van der Waals surface area contributed by atoms with Crippen LogP contribution in [0.25, 0.3) is 76.5 Å². The van der Waals surface area contributed by atoms with Gasteiger partial charge in [0.1, 0.15) is 0 Å². The van der Waals surface area contributed by atoms with Gasteiger partial charge in [0, 0.05) is 5.69 Å². The lowest BCUT2D eigenvalue weighted by molar-refractivity contribution is 1.48. The summed E-state index contributed by atoms with van der Waals surface area (Å²) in [6, 6.07) is 73.5. The van der Waals surface area contributed by atoms with Gasteiger partial charge in [0.25, 0.3) is 0 Å². The molecule has 0 saturated heterocycles. The van der Waals surface area contributed by atoms with Crippen molar-refractivity contribution >= 4 is 60.2 Å². The zero-order valence-corrected chi connectivity index (χ0v) is 30.7. The molecule has 262 valence electrons. The molecule has 0 atom stereocenters. The first-order valence-corrected chi connectivity index (χ1v) is 18.8. The number of nitrogen functional groups attached to an aromatic ring is 1. The molecule has 3 N–H and O–H groups in total. The largest absolute Gasteiger partial charge is 0.397 e. The lowest BCUT2D eigenvalue weighted by Gasteiger charge is -2.19. The van der Waals surface area contributed by atoms with Crippen molar-refractivity contribution in [1.29, 1.82) is 0 Å². The van der Waals surface area contributed by atoms with Crippen LogP contribution in [0.15, 0.2) is 206 Å². The summed E-state index contributed by atoms with van der Waals surface area (Å²) in [5.74, 6) is 0. The van der Waals surface area contributed by atoms with Crippen LogP contribution in [0.1, 0.15) is 5.56 Å². The molecule has 0 spiro atoms. The SMILES string of the molecule is Cc1ccccc1.Nc1ccccc1Nc1ccc(-c2ccc3c(-c4ccc5ccccc5c4)c4ccccc4c(-c4ccc5ccccc5c4)c3c2)cc1. The molecule has 2 heteroatoms. The maximum atomic E-state index is 6.19. The van der Waals surface area contributed by atoms with Gasteiger partial charge in [-0.05, 0) is 126 Å². The number of para-hydroxylation sites is 2. The number of hydrogen-bond donors (Lipinski definition) is 2. The minimum absolute atomic E-state index is 0.728. The number of hydrogen-bond acceptors (Lipinski definition) is 2. The molecule has 0 radical (unpaired) electrons. The molecule has 0 unspecified atom stereocenters. The predicted molar refractivity (Wildman–Crippen MR) is 238 cm³/mol. The molecular formula is C53H40N2. The third kappa shape index (κ3) is 6.78. The summed E-state index contributed by atoms with van der Waals surface area (Å²) in [5, 5.41) is 13.4. The number of nitrogens with one attached hydrogen (secondary N) is 1. The molecule has 2 nitrogen and oxygen atoms in total. The Morgan fingerprint density at radius 2 is 0.818 bits per heavy atom. The number of nitrogens with two attached hydrogens (primary N) is 1. The van der Waals surface area contributed by atoms with E-state index < -0.39 is 0 Å². The van der Waals surface area contributed by atoms with Gasteiger partial charge in [0.15, 0.2) is 0 Å². The lowest BCUT2D eigenvalue weighted by atomic mass is 9.84. The fourth-order valence-corrected chi connectivity index (χ4v) is 7.72. The Balaban J connectivity index is 0.000000513. The first-order valence-electron chi connectivity index (χ1n) is 18.8. The van der Waals surface area contributed by atoms with E-state index in [0.29, 0.717) is 0 Å². The quantitative estimate of drug-likeness (QED) is 0.138. The third-order valence-corrected chi connectivity index (χ3v) is 10.5. The summed E-state index contributed by atoms with van der Waals surface area (Å²) >= 11 is 0. The molecule has 0 bridgehead atoms. The van der Waals surface area contributed by atoms with E-state index in [-0.39, 0.29) is 0 Å². The van der Waals surface area contributed by atoms with Crippen molar-refractivity contribution in [3.05, 3.63) is 212 Å². The van der Waals surface area contributed by atoms with Crippen LogP contribution in [0.2, 0.25) is 0 Å². The Labute approximate surface area is 322 Å². The highest BCUT2D eigenvalue weighted by atomic mass is 14.9. The van der Waals surface area contributed by atoms with Gasteiger partial charge >= 0.3 is 0 Å². The van der Waals surface area contributed by atoms with Gasteiger partial charge in [-0.2, -0.15) is 0 Å². The second-order valence-corrected chi connectivity index (χ2v) is 14.1. The van der Waals surface area contributed by atoms with Crippen LogP contribution in [0.4, 0.5) is 17.1 Å². The van der Waals surface area contributed by atoms with Crippen molar-refractivity contribution in [1.82, 2.24) is 0 Å². The zero-order valence-electron chi connectivity index (χ0n) is 30.7. The molecule has 10 rings (SSSR count). The van der Waals surface area contributed by atoms with Gasteiger partial charge in [-0.25, -0.2) is 0 Å². The highest BCUT2D eigenvalue weighted by Crippen LogP contribution is 2.45. The molecule has 10 aromatic rings. The molecule has 55 heavy (non-hydrogen) atoms. The molecule has 10 aromatic carbocycles. The molecular weight excluding hydrogens is 665 g/mol. The lowest BCUT2D eigenvalue weighted by Crippen LogP contribution is -1.95. The summed E-state index contributed by atoms with van der Waals surface area (Å²) in [6.07, 6.45) is 0. The summed E-state index contributed by atoms with van der Waals surface area (Å²) in [7, 11) is 0. The Morgan fingerprint density at radius 3 is 1.40 bits per heavy atom. The molecule has 0 heterocycles. The first kappa shape index (κ1) is 33.7. The van der Waals surface area contributed by atoms with Crippen LogP contribution >= 0.6 is 0 Å². The van der Waals surface area contributed by atoms with Crippen molar-refractivity contribution in [2.24, 2.45) is 0 Å². The smallest absolute Gasteiger partial charge is 0.0617 e. The molecule has 0 aliphatic rings. The van der Waals surface area contributed by atoms with Gasteiger partial charge in [-0.1, -0.05) is 169 Å². The van der Waals surface area contributed by atoms with Gasteiger partial charge in [0.05, 0.1) is 11.4 Å². The van der Waals surface area contributed by atoms with Crippen molar-refractivity contribution in [2.45, 2.75) is 6.92 Å². The molecule has 0 amide bonds. The van der Waals surface area contributed by atoms with E-state index in [0.717, 1.165) is 22.6 Å². The third-order valence-electron chi connectivity index (χ3n) is 10.5. The van der Waals surface area contributed by atoms with Crippen LogP contribution in [-0.4, -0.2) is 0 Å². The highest BCUT2D eigenvalue weighted by Gasteiger charge is 2.18. The molecule has 0 fully saturated rings. The maximum Gasteiger partial charge on any atom is 0.0617 e. The van der Waals surface area contributed by atoms with Gasteiger partial charge in [0.2, 0.25) is 0 Å². The maximum absolute atomic E-state index is 6.19. The first-order chi connectivity index (χ1) is 27.1. The standard InChI is InChI=1S/C46H32N2.C7H8/c47-43-15-7-8-16-44(43)48-38-24-21-32(22-25-38)35-23-26-41-42(29-35)46(37-20-18-31-10-2-4-12-34(31)28-37)40-14-6-5-13-39(40)45(41)36-19-17-30-9-1-3-11-33(30)27-36;1-7-5-3-2-4-6-7/h1-29,48H,47H2;2-6H,1H3. The van der Waals surface area contributed by atoms with Crippen molar-refractivity contribution in [3.63, 3.8) is 0 Å². The summed E-state index contributed by atoms with van der Waals surface area (Å²) in [6.45, 7) is 2.08. The van der Waals surface area contributed by atoms with Crippen LogP contribution in [0.3, 0.4) is 0 Å². The highest BCUT2D eigenvalue weighted by molar-refractivity contribution is 6.22. The Morgan fingerprint density at radius 1 is 0.345 bits per heavy atom. The zero-order chi connectivity index (χ0) is 37.1. The van der Waals surface area contributed by atoms with Crippen molar-refractivity contribution in [3.8, 4) is 33.4 Å². The fourth-order valence-electron chi connectivity index (χ4n) is 7.72. The normalized spacial score (nSPS) is 11.1. The van der Waals surface area contributed by atoms with Gasteiger partial charge in [-0.3, -0.25) is 0 Å². The second kappa shape index (κ2) is 14.7. The van der Waals surface area contributed by atoms with Crippen LogP contribution in [0.5, 0.6) is 0 Å². The van der Waals surface area contributed by atoms with E-state index in [1.54, 1.807) is 0 Å².